The molecule has 0 bridgehead atoms. The molecule has 1 heterocycles. The SMILES string of the molecule is CCCOc1ccc(CN=C(NCC)NCCc2nc(C(F)(F)F)cs2)cc1OC.I. The van der Waals surface area contributed by atoms with Crippen molar-refractivity contribution in [1.82, 2.24) is 15.6 Å². The Balaban J connectivity index is 0.00000480. The lowest BCUT2D eigenvalue weighted by Crippen LogP contribution is -2.38. The van der Waals surface area contributed by atoms with E-state index in [0.717, 1.165) is 28.7 Å². The molecule has 0 unspecified atom stereocenters. The molecular weight excluding hydrogens is 544 g/mol. The number of benzene rings is 1. The summed E-state index contributed by atoms with van der Waals surface area (Å²) in [6, 6.07) is 5.67. The molecule has 0 spiro atoms. The van der Waals surface area contributed by atoms with Crippen molar-refractivity contribution < 1.29 is 22.6 Å². The Morgan fingerprint density at radius 2 is 1.97 bits per heavy atom. The Morgan fingerprint density at radius 1 is 1.19 bits per heavy atom. The Bertz CT molecular complexity index is 831. The molecule has 0 aliphatic carbocycles. The summed E-state index contributed by atoms with van der Waals surface area (Å²) in [5, 5.41) is 7.71. The molecule has 2 aromatic rings. The van der Waals surface area contributed by atoms with Gasteiger partial charge >= 0.3 is 6.18 Å². The van der Waals surface area contributed by atoms with E-state index in [0.29, 0.717) is 55.1 Å². The summed E-state index contributed by atoms with van der Waals surface area (Å²) in [6.45, 7) is 6.09. The summed E-state index contributed by atoms with van der Waals surface area (Å²) >= 11 is 1.01. The molecule has 2 rings (SSSR count). The van der Waals surface area contributed by atoms with Gasteiger partial charge in [0, 0.05) is 24.9 Å². The van der Waals surface area contributed by atoms with Crippen LogP contribution < -0.4 is 20.1 Å². The average molecular weight is 572 g/mol. The summed E-state index contributed by atoms with van der Waals surface area (Å²) in [6.07, 6.45) is -3.12. The third-order valence-corrected chi connectivity index (χ3v) is 4.84. The van der Waals surface area contributed by atoms with Crippen LogP contribution in [-0.4, -0.2) is 37.7 Å². The standard InChI is InChI=1S/C20H27F3N4O2S.HI/c1-4-10-29-15-7-6-14(11-16(15)28-3)12-26-19(24-5-2)25-9-8-18-27-17(13-30-18)20(21,22)23;/h6-7,11,13H,4-5,8-10,12H2,1-3H3,(H2,24,25,26);1H. The lowest BCUT2D eigenvalue weighted by Gasteiger charge is -2.12. The molecule has 1 aromatic heterocycles. The zero-order chi connectivity index (χ0) is 22.0. The molecule has 0 aliphatic heterocycles. The van der Waals surface area contributed by atoms with E-state index in [1.165, 1.54) is 0 Å². The normalized spacial score (nSPS) is 11.6. The maximum Gasteiger partial charge on any atom is 0.434 e. The minimum Gasteiger partial charge on any atom is -0.493 e. The summed E-state index contributed by atoms with van der Waals surface area (Å²) < 4.78 is 48.9. The number of aliphatic imine (C=N–C) groups is 1. The third-order valence-electron chi connectivity index (χ3n) is 3.93. The van der Waals surface area contributed by atoms with E-state index in [-0.39, 0.29) is 24.0 Å². The monoisotopic (exact) mass is 572 g/mol. The summed E-state index contributed by atoms with van der Waals surface area (Å²) in [4.78, 5) is 8.16. The van der Waals surface area contributed by atoms with E-state index in [4.69, 9.17) is 9.47 Å². The van der Waals surface area contributed by atoms with E-state index < -0.39 is 11.9 Å². The zero-order valence-electron chi connectivity index (χ0n) is 17.7. The van der Waals surface area contributed by atoms with E-state index in [9.17, 15) is 13.2 Å². The largest absolute Gasteiger partial charge is 0.493 e. The molecule has 31 heavy (non-hydrogen) atoms. The number of ether oxygens (including phenoxy) is 2. The molecule has 174 valence electrons. The highest BCUT2D eigenvalue weighted by Gasteiger charge is 2.33. The fourth-order valence-electron chi connectivity index (χ4n) is 2.50. The number of thiazole rings is 1. The van der Waals surface area contributed by atoms with Crippen molar-refractivity contribution in [3.63, 3.8) is 0 Å². The van der Waals surface area contributed by atoms with Gasteiger partial charge in [-0.3, -0.25) is 0 Å². The highest BCUT2D eigenvalue weighted by atomic mass is 127. The number of halogens is 4. The number of rotatable bonds is 10. The van der Waals surface area contributed by atoms with Gasteiger partial charge in [-0.1, -0.05) is 13.0 Å². The maximum atomic E-state index is 12.6. The number of hydrogen-bond donors (Lipinski definition) is 2. The molecule has 1 aromatic carbocycles. The predicted octanol–water partition coefficient (Wildman–Crippen LogP) is 4.88. The topological polar surface area (TPSA) is 67.8 Å². The fraction of sp³-hybridized carbons (Fsp3) is 0.500. The van der Waals surface area contributed by atoms with Gasteiger partial charge in [0.15, 0.2) is 23.2 Å². The van der Waals surface area contributed by atoms with Gasteiger partial charge in [-0.2, -0.15) is 13.2 Å². The van der Waals surface area contributed by atoms with Crippen LogP contribution in [-0.2, 0) is 19.1 Å². The number of aromatic nitrogens is 1. The second kappa shape index (κ2) is 13.6. The van der Waals surface area contributed by atoms with Crippen molar-refractivity contribution in [2.24, 2.45) is 4.99 Å². The molecule has 0 saturated heterocycles. The van der Waals surface area contributed by atoms with Crippen LogP contribution in [0.25, 0.3) is 0 Å². The van der Waals surface area contributed by atoms with Crippen LogP contribution in [0.2, 0.25) is 0 Å². The number of alkyl halides is 3. The second-order valence-corrected chi connectivity index (χ2v) is 7.27. The molecule has 0 fully saturated rings. The van der Waals surface area contributed by atoms with Crippen LogP contribution in [0.5, 0.6) is 11.5 Å². The Hall–Kier alpha value is -1.76. The maximum absolute atomic E-state index is 12.6. The third kappa shape index (κ3) is 9.09. The van der Waals surface area contributed by atoms with Crippen molar-refractivity contribution >= 4 is 41.3 Å². The summed E-state index contributed by atoms with van der Waals surface area (Å²) in [5.41, 5.74) is 0.103. The van der Waals surface area contributed by atoms with Crippen molar-refractivity contribution in [2.45, 2.75) is 39.4 Å². The lowest BCUT2D eigenvalue weighted by molar-refractivity contribution is -0.140. The Kier molecular flexibility index (Phi) is 12.0. The van der Waals surface area contributed by atoms with E-state index in [1.54, 1.807) is 7.11 Å². The summed E-state index contributed by atoms with van der Waals surface area (Å²) in [7, 11) is 1.59. The van der Waals surface area contributed by atoms with E-state index in [2.05, 4.69) is 20.6 Å². The molecular formula is C20H28F3IN4O2S. The van der Waals surface area contributed by atoms with E-state index >= 15 is 0 Å². The predicted molar refractivity (Wildman–Crippen MR) is 128 cm³/mol. The minimum atomic E-state index is -4.41. The number of hydrogen-bond acceptors (Lipinski definition) is 5. The number of guanidine groups is 1. The first-order valence-corrected chi connectivity index (χ1v) is 10.6. The van der Waals surface area contributed by atoms with Crippen LogP contribution in [0, 0.1) is 0 Å². The fourth-order valence-corrected chi connectivity index (χ4v) is 3.30. The molecule has 0 saturated carbocycles. The van der Waals surface area contributed by atoms with Crippen LogP contribution in [0.3, 0.4) is 0 Å². The van der Waals surface area contributed by atoms with Gasteiger partial charge in [0.05, 0.1) is 25.3 Å². The highest BCUT2D eigenvalue weighted by Crippen LogP contribution is 2.30. The van der Waals surface area contributed by atoms with Crippen molar-refractivity contribution in [3.05, 3.63) is 39.8 Å². The number of nitrogens with one attached hydrogen (secondary N) is 2. The van der Waals surface area contributed by atoms with E-state index in [1.807, 2.05) is 32.0 Å². The molecule has 2 N–H and O–H groups in total. The first-order chi connectivity index (χ1) is 14.4. The van der Waals surface area contributed by atoms with Gasteiger partial charge in [-0.15, -0.1) is 35.3 Å². The molecule has 0 radical (unpaired) electrons. The van der Waals surface area contributed by atoms with Gasteiger partial charge in [0.2, 0.25) is 0 Å². The quantitative estimate of drug-likeness (QED) is 0.242. The average Bonchev–Trinajstić information content (AvgIpc) is 3.20. The Morgan fingerprint density at radius 3 is 2.58 bits per heavy atom. The van der Waals surface area contributed by atoms with Gasteiger partial charge in [0.1, 0.15) is 0 Å². The number of nitrogens with zero attached hydrogens (tertiary/aromatic N) is 2. The highest BCUT2D eigenvalue weighted by molar-refractivity contribution is 14.0. The second-order valence-electron chi connectivity index (χ2n) is 6.33. The van der Waals surface area contributed by atoms with Gasteiger partial charge < -0.3 is 20.1 Å². The van der Waals surface area contributed by atoms with Crippen LogP contribution in [0.1, 0.15) is 36.5 Å². The van der Waals surface area contributed by atoms with Crippen molar-refractivity contribution in [2.75, 3.05) is 26.8 Å². The molecule has 11 heteroatoms. The van der Waals surface area contributed by atoms with Gasteiger partial charge in [-0.05, 0) is 31.0 Å². The van der Waals surface area contributed by atoms with Crippen LogP contribution in [0.4, 0.5) is 13.2 Å². The smallest absolute Gasteiger partial charge is 0.434 e. The Labute approximate surface area is 201 Å². The first-order valence-electron chi connectivity index (χ1n) is 9.70. The minimum absolute atomic E-state index is 0. The van der Waals surface area contributed by atoms with Crippen LogP contribution in [0.15, 0.2) is 28.6 Å². The van der Waals surface area contributed by atoms with Crippen LogP contribution >= 0.6 is 35.3 Å². The van der Waals surface area contributed by atoms with Crippen molar-refractivity contribution in [3.8, 4) is 11.5 Å². The number of methoxy groups -OCH3 is 1. The van der Waals surface area contributed by atoms with Crippen molar-refractivity contribution in [1.29, 1.82) is 0 Å². The molecule has 0 amide bonds. The molecule has 6 nitrogen and oxygen atoms in total. The lowest BCUT2D eigenvalue weighted by atomic mass is 10.2. The van der Waals surface area contributed by atoms with Gasteiger partial charge in [0.25, 0.3) is 0 Å². The van der Waals surface area contributed by atoms with Gasteiger partial charge in [-0.25, -0.2) is 9.98 Å². The summed E-state index contributed by atoms with van der Waals surface area (Å²) in [5.74, 6) is 1.92. The molecule has 0 atom stereocenters. The first kappa shape index (κ1) is 27.3. The zero-order valence-corrected chi connectivity index (χ0v) is 20.9. The molecule has 0 aliphatic rings.